The van der Waals surface area contributed by atoms with Gasteiger partial charge in [-0.2, -0.15) is 11.8 Å². The van der Waals surface area contributed by atoms with Crippen molar-refractivity contribution in [3.63, 3.8) is 0 Å². The number of hydrogen-bond donors (Lipinski definition) is 2. The van der Waals surface area contributed by atoms with Crippen LogP contribution in [0.25, 0.3) is 0 Å². The second kappa shape index (κ2) is 5.90. The fraction of sp³-hybridized carbons (Fsp3) is 0.667. The van der Waals surface area contributed by atoms with Gasteiger partial charge in [0.1, 0.15) is 0 Å². The minimum atomic E-state index is -0.857. The summed E-state index contributed by atoms with van der Waals surface area (Å²) in [5.74, 6) is 2.60. The third-order valence-electron chi connectivity index (χ3n) is 1.38. The number of thioether (sulfide) groups is 1. The van der Waals surface area contributed by atoms with Crippen molar-refractivity contribution in [1.29, 1.82) is 0 Å². The van der Waals surface area contributed by atoms with Crippen molar-refractivity contribution in [2.45, 2.75) is 18.9 Å². The van der Waals surface area contributed by atoms with Gasteiger partial charge in [0, 0.05) is 12.3 Å². The van der Waals surface area contributed by atoms with Crippen LogP contribution in [0.2, 0.25) is 0 Å². The molecule has 0 bridgehead atoms. The molecule has 1 atom stereocenters. The van der Waals surface area contributed by atoms with Crippen molar-refractivity contribution < 1.29 is 9.90 Å². The molecule has 1 amide bonds. The molecule has 0 aromatic rings. The summed E-state index contributed by atoms with van der Waals surface area (Å²) >= 11 is 1.53. The van der Waals surface area contributed by atoms with E-state index in [2.05, 4.69) is 11.2 Å². The Morgan fingerprint density at radius 2 is 2.38 bits per heavy atom. The van der Waals surface area contributed by atoms with Gasteiger partial charge in [0.05, 0.1) is 12.0 Å². The summed E-state index contributed by atoms with van der Waals surface area (Å²) in [5, 5.41) is 12.2. The Kier molecular flexibility index (Phi) is 5.60. The van der Waals surface area contributed by atoms with Gasteiger partial charge in [-0.1, -0.05) is 5.92 Å². The average molecular weight is 201 g/mol. The second-order valence-corrected chi connectivity index (χ2v) is 3.95. The van der Waals surface area contributed by atoms with Crippen LogP contribution in [0.3, 0.4) is 0 Å². The molecule has 74 valence electrons. The van der Waals surface area contributed by atoms with E-state index in [1.54, 1.807) is 6.92 Å². The van der Waals surface area contributed by atoms with Gasteiger partial charge in [-0.05, 0) is 13.2 Å². The summed E-state index contributed by atoms with van der Waals surface area (Å²) in [6.07, 6.45) is 6.92. The maximum Gasteiger partial charge on any atom is 0.232 e. The van der Waals surface area contributed by atoms with E-state index in [1.165, 1.54) is 11.8 Å². The number of amides is 1. The third-order valence-corrected chi connectivity index (χ3v) is 2.29. The van der Waals surface area contributed by atoms with Crippen LogP contribution in [0.1, 0.15) is 13.3 Å². The smallest absolute Gasteiger partial charge is 0.232 e. The number of nitrogens with one attached hydrogen (secondary N) is 1. The topological polar surface area (TPSA) is 49.3 Å². The molecule has 0 fully saturated rings. The number of carbonyl (C=O) groups excluding carboxylic acids is 1. The number of hydrogen-bond acceptors (Lipinski definition) is 3. The largest absolute Gasteiger partial charge is 0.387 e. The molecular formula is C9H15NO2S. The van der Waals surface area contributed by atoms with Crippen LogP contribution >= 0.6 is 11.8 Å². The van der Waals surface area contributed by atoms with Crippen molar-refractivity contribution in [2.75, 3.05) is 18.6 Å². The SMILES string of the molecule is C#CCC(=O)NCC(C)(O)CSC. The average Bonchev–Trinajstić information content (AvgIpc) is 2.02. The monoisotopic (exact) mass is 201 g/mol. The van der Waals surface area contributed by atoms with Gasteiger partial charge in [0.25, 0.3) is 0 Å². The summed E-state index contributed by atoms with van der Waals surface area (Å²) in [5.41, 5.74) is -0.857. The lowest BCUT2D eigenvalue weighted by Crippen LogP contribution is -2.42. The highest BCUT2D eigenvalue weighted by Gasteiger charge is 2.19. The molecule has 0 aliphatic carbocycles. The van der Waals surface area contributed by atoms with Gasteiger partial charge in [0.2, 0.25) is 5.91 Å². The van der Waals surface area contributed by atoms with Crippen LogP contribution in [-0.4, -0.2) is 35.2 Å². The molecular weight excluding hydrogens is 186 g/mol. The minimum Gasteiger partial charge on any atom is -0.387 e. The predicted octanol–water partition coefficient (Wildman–Crippen LogP) is 0.240. The summed E-state index contributed by atoms with van der Waals surface area (Å²) in [6, 6.07) is 0. The van der Waals surface area contributed by atoms with Crippen LogP contribution in [-0.2, 0) is 4.79 Å². The van der Waals surface area contributed by atoms with Crippen LogP contribution in [0.5, 0.6) is 0 Å². The zero-order valence-corrected chi connectivity index (χ0v) is 8.78. The van der Waals surface area contributed by atoms with E-state index < -0.39 is 5.60 Å². The summed E-state index contributed by atoms with van der Waals surface area (Å²) in [6.45, 7) is 1.92. The molecule has 0 aromatic carbocycles. The van der Waals surface area contributed by atoms with Gasteiger partial charge < -0.3 is 10.4 Å². The van der Waals surface area contributed by atoms with E-state index in [1.807, 2.05) is 6.26 Å². The van der Waals surface area contributed by atoms with E-state index in [0.29, 0.717) is 5.75 Å². The van der Waals surface area contributed by atoms with Gasteiger partial charge in [0.15, 0.2) is 0 Å². The molecule has 4 heteroatoms. The van der Waals surface area contributed by atoms with Gasteiger partial charge >= 0.3 is 0 Å². The van der Waals surface area contributed by atoms with Crippen molar-refractivity contribution in [3.05, 3.63) is 0 Å². The lowest BCUT2D eigenvalue weighted by atomic mass is 10.1. The van der Waals surface area contributed by atoms with Crippen LogP contribution in [0, 0.1) is 12.3 Å². The summed E-state index contributed by atoms with van der Waals surface area (Å²) < 4.78 is 0. The van der Waals surface area contributed by atoms with E-state index in [0.717, 1.165) is 0 Å². The van der Waals surface area contributed by atoms with E-state index in [9.17, 15) is 9.90 Å². The Labute approximate surface area is 83.3 Å². The normalized spacial score (nSPS) is 14.3. The zero-order valence-electron chi connectivity index (χ0n) is 7.96. The Bertz CT molecular complexity index is 208. The quantitative estimate of drug-likeness (QED) is 0.626. The van der Waals surface area contributed by atoms with Crippen molar-refractivity contribution >= 4 is 17.7 Å². The lowest BCUT2D eigenvalue weighted by molar-refractivity contribution is -0.121. The molecule has 3 nitrogen and oxygen atoms in total. The maximum atomic E-state index is 10.9. The molecule has 2 N–H and O–H groups in total. The molecule has 0 aromatic heterocycles. The van der Waals surface area contributed by atoms with E-state index in [4.69, 9.17) is 6.42 Å². The molecule has 0 heterocycles. The van der Waals surface area contributed by atoms with Crippen LogP contribution in [0.4, 0.5) is 0 Å². The molecule has 0 radical (unpaired) electrons. The highest BCUT2D eigenvalue weighted by Crippen LogP contribution is 2.08. The zero-order chi connectivity index (χ0) is 10.3. The van der Waals surface area contributed by atoms with Gasteiger partial charge in [-0.3, -0.25) is 4.79 Å². The highest BCUT2D eigenvalue weighted by atomic mass is 32.2. The van der Waals surface area contributed by atoms with Crippen LogP contribution in [0.15, 0.2) is 0 Å². The first-order valence-electron chi connectivity index (χ1n) is 3.93. The molecule has 0 saturated heterocycles. The summed E-state index contributed by atoms with van der Waals surface area (Å²) in [7, 11) is 0. The fourth-order valence-corrected chi connectivity index (χ4v) is 1.53. The maximum absolute atomic E-state index is 10.9. The first kappa shape index (κ1) is 12.3. The molecule has 1 unspecified atom stereocenters. The number of aliphatic hydroxyl groups is 1. The fourth-order valence-electron chi connectivity index (χ4n) is 0.806. The minimum absolute atomic E-state index is 0.0648. The first-order chi connectivity index (χ1) is 6.02. The Morgan fingerprint density at radius 3 is 2.85 bits per heavy atom. The molecule has 0 aliphatic rings. The Hall–Kier alpha value is -0.660. The van der Waals surface area contributed by atoms with E-state index >= 15 is 0 Å². The number of terminal acetylenes is 1. The van der Waals surface area contributed by atoms with Crippen molar-refractivity contribution in [2.24, 2.45) is 0 Å². The lowest BCUT2D eigenvalue weighted by Gasteiger charge is -2.22. The predicted molar refractivity (Wildman–Crippen MR) is 55.5 cm³/mol. The Balaban J connectivity index is 3.75. The first-order valence-corrected chi connectivity index (χ1v) is 5.32. The molecule has 0 spiro atoms. The standard InChI is InChI=1S/C9H15NO2S/c1-4-5-8(11)10-6-9(2,12)7-13-3/h1,12H,5-7H2,2-3H3,(H,10,11). The second-order valence-electron chi connectivity index (χ2n) is 3.09. The molecule has 0 saturated carbocycles. The van der Waals surface area contributed by atoms with Gasteiger partial charge in [-0.15, -0.1) is 6.42 Å². The van der Waals surface area contributed by atoms with Gasteiger partial charge in [-0.25, -0.2) is 0 Å². The summed E-state index contributed by atoms with van der Waals surface area (Å²) in [4.78, 5) is 10.9. The van der Waals surface area contributed by atoms with Crippen molar-refractivity contribution in [1.82, 2.24) is 5.32 Å². The highest BCUT2D eigenvalue weighted by molar-refractivity contribution is 7.98. The number of carbonyl (C=O) groups is 1. The number of rotatable bonds is 5. The molecule has 0 rings (SSSR count). The Morgan fingerprint density at radius 1 is 1.77 bits per heavy atom. The molecule has 0 aliphatic heterocycles. The molecule has 13 heavy (non-hydrogen) atoms. The third kappa shape index (κ3) is 6.50. The van der Waals surface area contributed by atoms with E-state index in [-0.39, 0.29) is 18.9 Å². The van der Waals surface area contributed by atoms with Crippen molar-refractivity contribution in [3.8, 4) is 12.3 Å². The van der Waals surface area contributed by atoms with Crippen LogP contribution < -0.4 is 5.32 Å².